The first-order chi connectivity index (χ1) is 17.1. The second-order valence-electron chi connectivity index (χ2n) is 9.10. The van der Waals surface area contributed by atoms with Gasteiger partial charge in [-0.25, -0.2) is 9.78 Å². The predicted octanol–water partition coefficient (Wildman–Crippen LogP) is 7.08. The van der Waals surface area contributed by atoms with Crippen molar-refractivity contribution < 1.29 is 32.3 Å². The van der Waals surface area contributed by atoms with E-state index in [1.807, 2.05) is 23.8 Å². The molecule has 0 aliphatic heterocycles. The Bertz CT molecular complexity index is 1430. The molecule has 0 bridgehead atoms. The van der Waals surface area contributed by atoms with E-state index < -0.39 is 18.1 Å². The first-order valence-corrected chi connectivity index (χ1v) is 11.7. The summed E-state index contributed by atoms with van der Waals surface area (Å²) in [6, 6.07) is 5.56. The molecule has 7 nitrogen and oxygen atoms in total. The Morgan fingerprint density at radius 1 is 1.14 bits per heavy atom. The molecule has 4 aromatic rings. The van der Waals surface area contributed by atoms with E-state index in [1.54, 1.807) is 13.1 Å². The van der Waals surface area contributed by atoms with Gasteiger partial charge in [-0.2, -0.15) is 0 Å². The molecule has 0 saturated heterocycles. The summed E-state index contributed by atoms with van der Waals surface area (Å²) in [7, 11) is 0. The minimum atomic E-state index is -4.99. The molecule has 0 atom stereocenters. The molecule has 10 heteroatoms. The monoisotopic (exact) mass is 499 g/mol. The van der Waals surface area contributed by atoms with Gasteiger partial charge in [-0.05, 0) is 51.0 Å². The lowest BCUT2D eigenvalue weighted by Crippen LogP contribution is -2.18. The maximum absolute atomic E-state index is 13.3. The van der Waals surface area contributed by atoms with Gasteiger partial charge in [0.25, 0.3) is 0 Å². The fourth-order valence-corrected chi connectivity index (χ4v) is 5.10. The van der Waals surface area contributed by atoms with Gasteiger partial charge in [-0.3, -0.25) is 0 Å². The van der Waals surface area contributed by atoms with Crippen LogP contribution in [0.15, 0.2) is 41.2 Å². The van der Waals surface area contributed by atoms with Crippen LogP contribution in [-0.2, 0) is 0 Å². The molecule has 3 aromatic heterocycles. The Morgan fingerprint density at radius 3 is 2.53 bits per heavy atom. The third kappa shape index (κ3) is 4.43. The number of hydrogen-bond acceptors (Lipinski definition) is 5. The van der Waals surface area contributed by atoms with Gasteiger partial charge in [0.05, 0.1) is 11.3 Å². The van der Waals surface area contributed by atoms with E-state index in [4.69, 9.17) is 9.51 Å². The van der Waals surface area contributed by atoms with Gasteiger partial charge in [0.2, 0.25) is 0 Å². The zero-order chi connectivity index (χ0) is 25.6. The normalized spacial score (nSPS) is 14.9. The number of aryl methyl sites for hydroxylation is 2. The Morgan fingerprint density at radius 2 is 1.89 bits per heavy atom. The highest BCUT2D eigenvalue weighted by molar-refractivity contribution is 5.99. The fourth-order valence-electron chi connectivity index (χ4n) is 5.10. The lowest BCUT2D eigenvalue weighted by molar-refractivity contribution is -0.274. The van der Waals surface area contributed by atoms with E-state index in [1.165, 1.54) is 12.1 Å². The van der Waals surface area contributed by atoms with Crippen molar-refractivity contribution in [2.75, 3.05) is 0 Å². The number of aromatic nitrogens is 3. The molecule has 36 heavy (non-hydrogen) atoms. The van der Waals surface area contributed by atoms with Gasteiger partial charge in [-0.15, -0.1) is 13.2 Å². The number of carboxylic acids is 1. The minimum absolute atomic E-state index is 0.134. The maximum atomic E-state index is 13.3. The average molecular weight is 499 g/mol. The first kappa shape index (κ1) is 23.9. The summed E-state index contributed by atoms with van der Waals surface area (Å²) < 4.78 is 51.6. The van der Waals surface area contributed by atoms with Gasteiger partial charge in [0.1, 0.15) is 17.2 Å². The highest BCUT2D eigenvalue weighted by atomic mass is 19.4. The molecule has 1 saturated carbocycles. The number of halogens is 3. The van der Waals surface area contributed by atoms with Crippen LogP contribution in [-0.4, -0.2) is 32.1 Å². The summed E-state index contributed by atoms with van der Waals surface area (Å²) in [6.07, 6.45) is 3.70. The van der Waals surface area contributed by atoms with Crippen LogP contribution in [0.1, 0.15) is 60.0 Å². The van der Waals surface area contributed by atoms with Crippen molar-refractivity contribution in [1.82, 2.24) is 14.7 Å². The minimum Gasteiger partial charge on any atom is -0.478 e. The predicted molar refractivity (Wildman–Crippen MR) is 126 cm³/mol. The number of benzene rings is 1. The number of carboxylic acid groups (broad SMARTS) is 1. The summed E-state index contributed by atoms with van der Waals surface area (Å²) in [4.78, 5) is 16.2. The van der Waals surface area contributed by atoms with E-state index >= 15 is 0 Å². The summed E-state index contributed by atoms with van der Waals surface area (Å²) in [5.74, 6) is -1.32. The summed E-state index contributed by atoms with van der Waals surface area (Å²) in [5, 5.41) is 14.0. The molecule has 3 heterocycles. The van der Waals surface area contributed by atoms with E-state index in [0.717, 1.165) is 49.3 Å². The molecule has 1 aromatic carbocycles. The smallest absolute Gasteiger partial charge is 0.478 e. The Balaban J connectivity index is 1.76. The number of alkyl halides is 3. The van der Waals surface area contributed by atoms with Crippen molar-refractivity contribution in [3.63, 3.8) is 0 Å². The third-order valence-corrected chi connectivity index (χ3v) is 6.70. The quantitative estimate of drug-likeness (QED) is 0.316. The topological polar surface area (TPSA) is 90.4 Å². The van der Waals surface area contributed by atoms with Crippen LogP contribution in [0.2, 0.25) is 0 Å². The Kier molecular flexibility index (Phi) is 5.97. The third-order valence-electron chi connectivity index (χ3n) is 6.70. The van der Waals surface area contributed by atoms with Crippen LogP contribution in [0.4, 0.5) is 13.2 Å². The number of nitrogens with zero attached hydrogens (tertiary/aromatic N) is 3. The molecule has 0 amide bonds. The maximum Gasteiger partial charge on any atom is 0.573 e. The van der Waals surface area contributed by atoms with Crippen molar-refractivity contribution >= 4 is 17.0 Å². The zero-order valence-corrected chi connectivity index (χ0v) is 19.7. The first-order valence-electron chi connectivity index (χ1n) is 11.7. The average Bonchev–Trinajstić information content (AvgIpc) is 3.37. The summed E-state index contributed by atoms with van der Waals surface area (Å²) >= 11 is 0. The Labute approximate surface area is 204 Å². The van der Waals surface area contributed by atoms with E-state index in [-0.39, 0.29) is 17.2 Å². The molecule has 0 spiro atoms. The second kappa shape index (κ2) is 9.00. The van der Waals surface area contributed by atoms with Crippen LogP contribution in [0, 0.1) is 13.8 Å². The lowest BCUT2D eigenvalue weighted by Gasteiger charge is -2.23. The number of rotatable bonds is 5. The number of carbonyl (C=O) groups is 1. The van der Waals surface area contributed by atoms with Gasteiger partial charge < -0.3 is 18.9 Å². The van der Waals surface area contributed by atoms with Crippen molar-refractivity contribution in [1.29, 1.82) is 0 Å². The second-order valence-corrected chi connectivity index (χ2v) is 9.10. The molecular weight excluding hydrogens is 475 g/mol. The van der Waals surface area contributed by atoms with Gasteiger partial charge in [0, 0.05) is 46.1 Å². The lowest BCUT2D eigenvalue weighted by atomic mass is 9.95. The van der Waals surface area contributed by atoms with Crippen molar-refractivity contribution in [3.05, 3.63) is 53.7 Å². The molecule has 1 N–H and O–H groups in total. The highest BCUT2D eigenvalue weighted by Crippen LogP contribution is 2.42. The molecule has 0 unspecified atom stereocenters. The highest BCUT2D eigenvalue weighted by Gasteiger charge is 2.33. The van der Waals surface area contributed by atoms with Crippen molar-refractivity contribution in [3.8, 4) is 28.0 Å². The van der Waals surface area contributed by atoms with Gasteiger partial charge in [0.15, 0.2) is 0 Å². The standard InChI is InChI=1S/C26H24F3N3O4/c1-14-23(15(2)36-31-14)17-10-20-21(13-32(24(20)30-12-17)18-6-4-3-5-7-18)19-9-8-16(25(33)34)11-22(19)35-26(27,28)29/h8-13,18H,3-7H2,1-2H3,(H,33,34). The molecular formula is C26H24F3N3O4. The van der Waals surface area contributed by atoms with Crippen LogP contribution < -0.4 is 4.74 Å². The molecule has 188 valence electrons. The largest absolute Gasteiger partial charge is 0.573 e. The molecule has 1 aliphatic rings. The van der Waals surface area contributed by atoms with Crippen molar-refractivity contribution in [2.24, 2.45) is 0 Å². The van der Waals surface area contributed by atoms with E-state index in [2.05, 4.69) is 9.89 Å². The van der Waals surface area contributed by atoms with Crippen LogP contribution in [0.25, 0.3) is 33.3 Å². The van der Waals surface area contributed by atoms with Gasteiger partial charge in [-0.1, -0.05) is 24.4 Å². The molecule has 5 rings (SSSR count). The zero-order valence-electron chi connectivity index (χ0n) is 19.7. The number of fused-ring (bicyclic) bond motifs is 1. The van der Waals surface area contributed by atoms with Crippen LogP contribution in [0.3, 0.4) is 0 Å². The Hall–Kier alpha value is -3.82. The fraction of sp³-hybridized carbons (Fsp3) is 0.346. The molecule has 0 radical (unpaired) electrons. The van der Waals surface area contributed by atoms with E-state index in [9.17, 15) is 23.1 Å². The number of pyridine rings is 1. The van der Waals surface area contributed by atoms with Crippen LogP contribution >= 0.6 is 0 Å². The molecule has 1 aliphatic carbocycles. The number of aromatic carboxylic acids is 1. The summed E-state index contributed by atoms with van der Waals surface area (Å²) in [6.45, 7) is 3.59. The number of ether oxygens (including phenoxy) is 1. The molecule has 1 fully saturated rings. The van der Waals surface area contributed by atoms with E-state index in [0.29, 0.717) is 28.1 Å². The van der Waals surface area contributed by atoms with Crippen LogP contribution in [0.5, 0.6) is 5.75 Å². The van der Waals surface area contributed by atoms with Gasteiger partial charge >= 0.3 is 12.3 Å². The number of hydrogen-bond donors (Lipinski definition) is 1. The van der Waals surface area contributed by atoms with Crippen molar-refractivity contribution in [2.45, 2.75) is 58.4 Å². The summed E-state index contributed by atoms with van der Waals surface area (Å²) in [5.41, 5.74) is 3.13. The SMILES string of the molecule is Cc1noc(C)c1-c1cnc2c(c1)c(-c1ccc(C(=O)O)cc1OC(F)(F)F)cn2C1CCCCC1.